The Morgan fingerprint density at radius 2 is 0.844 bits per heavy atom. The lowest BCUT2D eigenvalue weighted by Gasteiger charge is -2.33. The number of hydrogen-bond donors (Lipinski definition) is 3. The zero-order chi connectivity index (χ0) is 24.3. The van der Waals surface area contributed by atoms with Crippen LogP contribution in [-0.4, -0.2) is 143 Å². The highest BCUT2D eigenvalue weighted by Crippen LogP contribution is 2.08. The molecule has 0 spiro atoms. The molecule has 32 heavy (non-hydrogen) atoms. The van der Waals surface area contributed by atoms with E-state index in [-0.39, 0.29) is 26.2 Å². The maximum atomic E-state index is 12.3. The first-order valence-electron chi connectivity index (χ1n) is 10.6. The molecule has 0 unspecified atom stereocenters. The largest absolute Gasteiger partial charge is 0.480 e. The summed E-state index contributed by atoms with van der Waals surface area (Å²) in [5, 5.41) is 27.6. The van der Waals surface area contributed by atoms with Gasteiger partial charge in [0, 0.05) is 52.4 Å². The standard InChI is InChI=1S/C20H36N4O8/c1-20(2,3)32-19(31)15-24-10-8-22(13-17(27)28)6-4-21(12-16(25)26)5-7-23(9-11-24)14-18(29)30/h4-15H2,1-3H3,(H,25,26)(H,27,28)(H,29,30). The van der Waals surface area contributed by atoms with E-state index in [1.54, 1.807) is 35.5 Å². The molecule has 0 saturated carbocycles. The average Bonchev–Trinajstić information content (AvgIpc) is 2.61. The third-order valence-electron chi connectivity index (χ3n) is 4.78. The van der Waals surface area contributed by atoms with Gasteiger partial charge in [0.25, 0.3) is 0 Å². The predicted molar refractivity (Wildman–Crippen MR) is 115 cm³/mol. The van der Waals surface area contributed by atoms with Gasteiger partial charge in [-0.05, 0) is 20.8 Å². The van der Waals surface area contributed by atoms with Crippen molar-refractivity contribution in [1.29, 1.82) is 0 Å². The van der Waals surface area contributed by atoms with Crippen molar-refractivity contribution in [3.05, 3.63) is 0 Å². The molecule has 1 rings (SSSR count). The number of rotatable bonds is 8. The first kappa shape index (κ1) is 27.8. The first-order valence-corrected chi connectivity index (χ1v) is 10.6. The molecule has 3 N–H and O–H groups in total. The van der Waals surface area contributed by atoms with Crippen LogP contribution in [0.15, 0.2) is 0 Å². The van der Waals surface area contributed by atoms with Gasteiger partial charge in [-0.15, -0.1) is 0 Å². The second-order valence-corrected chi connectivity index (χ2v) is 8.87. The quantitative estimate of drug-likeness (QED) is 0.373. The summed E-state index contributed by atoms with van der Waals surface area (Å²) in [5.41, 5.74) is -0.637. The van der Waals surface area contributed by atoms with Gasteiger partial charge in [0.2, 0.25) is 0 Å². The predicted octanol–water partition coefficient (Wildman–Crippen LogP) is -1.20. The average molecular weight is 461 g/mol. The van der Waals surface area contributed by atoms with Crippen molar-refractivity contribution in [3.8, 4) is 0 Å². The van der Waals surface area contributed by atoms with Crippen LogP contribution in [0.25, 0.3) is 0 Å². The lowest BCUT2D eigenvalue weighted by molar-refractivity contribution is -0.156. The molecule has 1 aliphatic heterocycles. The highest BCUT2D eigenvalue weighted by atomic mass is 16.6. The van der Waals surface area contributed by atoms with E-state index in [1.165, 1.54) is 0 Å². The van der Waals surface area contributed by atoms with Gasteiger partial charge >= 0.3 is 23.9 Å². The summed E-state index contributed by atoms with van der Waals surface area (Å²) in [4.78, 5) is 53.0. The number of ether oxygens (including phenoxy) is 1. The fourth-order valence-electron chi connectivity index (χ4n) is 3.34. The molecular formula is C20H36N4O8. The molecule has 1 aliphatic rings. The summed E-state index contributed by atoms with van der Waals surface area (Å²) >= 11 is 0. The van der Waals surface area contributed by atoms with Crippen LogP contribution in [0.5, 0.6) is 0 Å². The van der Waals surface area contributed by atoms with E-state index < -0.39 is 29.5 Å². The molecule has 0 bridgehead atoms. The summed E-state index contributed by atoms with van der Waals surface area (Å²) in [6, 6.07) is 0. The van der Waals surface area contributed by atoms with Gasteiger partial charge in [0.15, 0.2) is 0 Å². The lowest BCUT2D eigenvalue weighted by Crippen LogP contribution is -2.49. The van der Waals surface area contributed by atoms with Crippen LogP contribution < -0.4 is 0 Å². The minimum absolute atomic E-state index is 0.00420. The van der Waals surface area contributed by atoms with Crippen LogP contribution in [0.3, 0.4) is 0 Å². The Labute approximate surface area is 188 Å². The van der Waals surface area contributed by atoms with Crippen molar-refractivity contribution < 1.29 is 39.2 Å². The van der Waals surface area contributed by atoms with Gasteiger partial charge in [0.05, 0.1) is 26.2 Å². The molecule has 0 aromatic heterocycles. The van der Waals surface area contributed by atoms with Gasteiger partial charge < -0.3 is 20.1 Å². The minimum Gasteiger partial charge on any atom is -0.480 e. The number of esters is 1. The zero-order valence-corrected chi connectivity index (χ0v) is 19.2. The Kier molecular flexibility index (Phi) is 11.5. The Bertz CT molecular complexity index is 620. The maximum absolute atomic E-state index is 12.3. The van der Waals surface area contributed by atoms with E-state index in [9.17, 15) is 29.4 Å². The number of carbonyl (C=O) groups excluding carboxylic acids is 1. The summed E-state index contributed by atoms with van der Waals surface area (Å²) in [6.45, 7) is 7.49. The molecule has 0 aromatic rings. The molecule has 0 atom stereocenters. The van der Waals surface area contributed by atoms with Crippen molar-refractivity contribution in [2.24, 2.45) is 0 Å². The lowest BCUT2D eigenvalue weighted by atomic mass is 10.2. The topological polar surface area (TPSA) is 151 Å². The molecule has 12 nitrogen and oxygen atoms in total. The summed E-state index contributed by atoms with van der Waals surface area (Å²) in [6.07, 6.45) is 0. The van der Waals surface area contributed by atoms with E-state index in [2.05, 4.69) is 0 Å². The Hall–Kier alpha value is -2.28. The first-order chi connectivity index (χ1) is 14.8. The normalized spacial score (nSPS) is 19.0. The number of nitrogens with zero attached hydrogens (tertiary/aromatic N) is 4. The second-order valence-electron chi connectivity index (χ2n) is 8.87. The monoisotopic (exact) mass is 460 g/mol. The zero-order valence-electron chi connectivity index (χ0n) is 19.2. The van der Waals surface area contributed by atoms with Crippen LogP contribution in [0.1, 0.15) is 20.8 Å². The Balaban J connectivity index is 2.96. The van der Waals surface area contributed by atoms with Gasteiger partial charge in [-0.25, -0.2) is 0 Å². The molecule has 0 amide bonds. The van der Waals surface area contributed by atoms with E-state index in [4.69, 9.17) is 9.84 Å². The van der Waals surface area contributed by atoms with Gasteiger partial charge in [0.1, 0.15) is 5.60 Å². The smallest absolute Gasteiger partial charge is 0.320 e. The fraction of sp³-hybridized carbons (Fsp3) is 0.800. The van der Waals surface area contributed by atoms with E-state index in [0.717, 1.165) is 0 Å². The molecule has 1 fully saturated rings. The molecule has 0 aromatic carbocycles. The van der Waals surface area contributed by atoms with Crippen molar-refractivity contribution in [1.82, 2.24) is 19.6 Å². The van der Waals surface area contributed by atoms with Crippen molar-refractivity contribution in [2.75, 3.05) is 78.5 Å². The number of carbonyl (C=O) groups is 4. The number of aliphatic carboxylic acids is 3. The van der Waals surface area contributed by atoms with Gasteiger partial charge in [-0.2, -0.15) is 0 Å². The molecule has 1 heterocycles. The Morgan fingerprint density at radius 1 is 0.594 bits per heavy atom. The van der Waals surface area contributed by atoms with E-state index in [1.807, 2.05) is 4.90 Å². The van der Waals surface area contributed by atoms with Crippen LogP contribution in [0, 0.1) is 0 Å². The molecule has 0 radical (unpaired) electrons. The molecule has 1 saturated heterocycles. The van der Waals surface area contributed by atoms with E-state index in [0.29, 0.717) is 52.4 Å². The maximum Gasteiger partial charge on any atom is 0.320 e. The second kappa shape index (κ2) is 13.3. The SMILES string of the molecule is CC(C)(C)OC(=O)CN1CCN(CC(=O)O)CCN(CC(=O)O)CCN(CC(=O)O)CC1. The Morgan fingerprint density at radius 3 is 1.06 bits per heavy atom. The highest BCUT2D eigenvalue weighted by molar-refractivity contribution is 5.72. The third kappa shape index (κ3) is 13.2. The minimum atomic E-state index is -1.00. The van der Waals surface area contributed by atoms with E-state index >= 15 is 0 Å². The fourth-order valence-corrected chi connectivity index (χ4v) is 3.34. The van der Waals surface area contributed by atoms with Crippen molar-refractivity contribution in [2.45, 2.75) is 26.4 Å². The molecule has 184 valence electrons. The summed E-state index contributed by atoms with van der Waals surface area (Å²) < 4.78 is 5.39. The number of carboxylic acid groups (broad SMARTS) is 3. The summed E-state index contributed by atoms with van der Waals surface area (Å²) in [5.74, 6) is -3.40. The van der Waals surface area contributed by atoms with Crippen LogP contribution >= 0.6 is 0 Å². The van der Waals surface area contributed by atoms with Gasteiger partial charge in [-0.1, -0.05) is 0 Å². The van der Waals surface area contributed by atoms with Crippen molar-refractivity contribution in [3.63, 3.8) is 0 Å². The molecule has 12 heteroatoms. The highest BCUT2D eigenvalue weighted by Gasteiger charge is 2.23. The van der Waals surface area contributed by atoms with Crippen LogP contribution in [0.2, 0.25) is 0 Å². The van der Waals surface area contributed by atoms with Crippen LogP contribution in [-0.2, 0) is 23.9 Å². The molecule has 0 aliphatic carbocycles. The molecular weight excluding hydrogens is 424 g/mol. The third-order valence-corrected chi connectivity index (χ3v) is 4.78. The van der Waals surface area contributed by atoms with Crippen LogP contribution in [0.4, 0.5) is 0 Å². The summed E-state index contributed by atoms with van der Waals surface area (Å²) in [7, 11) is 0. The number of hydrogen-bond acceptors (Lipinski definition) is 9. The number of carboxylic acids is 3. The van der Waals surface area contributed by atoms with Gasteiger partial charge in [-0.3, -0.25) is 38.8 Å². The van der Waals surface area contributed by atoms with Crippen molar-refractivity contribution >= 4 is 23.9 Å².